The summed E-state index contributed by atoms with van der Waals surface area (Å²) in [5.41, 5.74) is 0.553. The van der Waals surface area contributed by atoms with E-state index in [1.165, 1.54) is 13.1 Å². The molecule has 2 heterocycles. The molecular weight excluding hydrogens is 356 g/mol. The molecule has 0 spiro atoms. The summed E-state index contributed by atoms with van der Waals surface area (Å²) in [7, 11) is 1.74. The number of nitrogens with zero attached hydrogens (tertiary/aromatic N) is 5. The van der Waals surface area contributed by atoms with Crippen molar-refractivity contribution in [2.75, 3.05) is 5.32 Å². The normalized spacial score (nSPS) is 10.8. The second kappa shape index (κ2) is 6.44. The predicted molar refractivity (Wildman–Crippen MR) is 95.7 cm³/mol. The number of nitro benzene ring substituents is 2. The van der Waals surface area contributed by atoms with Crippen LogP contribution in [0.5, 0.6) is 0 Å². The van der Waals surface area contributed by atoms with Crippen molar-refractivity contribution in [2.45, 2.75) is 13.8 Å². The Bertz CT molecular complexity index is 1120. The first-order valence-electron chi connectivity index (χ1n) is 7.73. The van der Waals surface area contributed by atoms with Crippen LogP contribution in [0.15, 0.2) is 24.4 Å². The first kappa shape index (κ1) is 17.9. The Kier molecular flexibility index (Phi) is 4.27. The van der Waals surface area contributed by atoms with Gasteiger partial charge >= 0.3 is 0 Å². The summed E-state index contributed by atoms with van der Waals surface area (Å²) >= 11 is 0. The third kappa shape index (κ3) is 3.17. The van der Waals surface area contributed by atoms with Gasteiger partial charge in [0.05, 0.1) is 39.1 Å². The Morgan fingerprint density at radius 1 is 1.15 bits per heavy atom. The standard InChI is InChI=1S/C16H14N6O5/c1-8-12(5-11(21(24)25)6-14(8)22(26)27)16(23)18-10-4-13-9(2)19-20(3)15(13)17-7-10/h4-7H,1-3H3,(H,18,23). The summed E-state index contributed by atoms with van der Waals surface area (Å²) in [6.45, 7) is 3.16. The highest BCUT2D eigenvalue weighted by Crippen LogP contribution is 2.29. The third-order valence-corrected chi connectivity index (χ3v) is 4.14. The van der Waals surface area contributed by atoms with Gasteiger partial charge in [0.2, 0.25) is 0 Å². The van der Waals surface area contributed by atoms with Gasteiger partial charge in [-0.2, -0.15) is 5.10 Å². The van der Waals surface area contributed by atoms with E-state index in [-0.39, 0.29) is 11.1 Å². The molecule has 0 fully saturated rings. The maximum Gasteiger partial charge on any atom is 0.279 e. The average Bonchev–Trinajstić information content (AvgIpc) is 2.88. The van der Waals surface area contributed by atoms with Crippen LogP contribution in [0.25, 0.3) is 11.0 Å². The third-order valence-electron chi connectivity index (χ3n) is 4.14. The lowest BCUT2D eigenvalue weighted by molar-refractivity contribution is -0.394. The molecule has 1 amide bonds. The fraction of sp³-hybridized carbons (Fsp3) is 0.188. The van der Waals surface area contributed by atoms with Gasteiger partial charge in [0.25, 0.3) is 17.3 Å². The smallest absolute Gasteiger partial charge is 0.279 e. The zero-order chi connectivity index (χ0) is 19.9. The molecule has 11 nitrogen and oxygen atoms in total. The van der Waals surface area contributed by atoms with Gasteiger partial charge in [-0.3, -0.25) is 29.7 Å². The Balaban J connectivity index is 2.02. The van der Waals surface area contributed by atoms with E-state index in [4.69, 9.17) is 0 Å². The minimum absolute atomic E-state index is 0.0368. The van der Waals surface area contributed by atoms with Crippen LogP contribution in [-0.4, -0.2) is 30.5 Å². The molecule has 0 aliphatic rings. The molecular formula is C16H14N6O5. The minimum atomic E-state index is -0.782. The van der Waals surface area contributed by atoms with E-state index in [0.717, 1.165) is 23.2 Å². The van der Waals surface area contributed by atoms with Gasteiger partial charge in [0, 0.05) is 24.1 Å². The lowest BCUT2D eigenvalue weighted by atomic mass is 10.0. The molecule has 2 aromatic heterocycles. The zero-order valence-corrected chi connectivity index (χ0v) is 14.6. The number of pyridine rings is 1. The molecule has 0 aliphatic heterocycles. The number of hydrogen-bond acceptors (Lipinski definition) is 7. The lowest BCUT2D eigenvalue weighted by Gasteiger charge is -2.08. The molecule has 0 aliphatic carbocycles. The van der Waals surface area contributed by atoms with Crippen LogP contribution in [0.3, 0.4) is 0 Å². The fourth-order valence-electron chi connectivity index (χ4n) is 2.79. The number of aromatic nitrogens is 3. The van der Waals surface area contributed by atoms with Gasteiger partial charge in [-0.05, 0) is 19.9 Å². The monoisotopic (exact) mass is 370 g/mol. The van der Waals surface area contributed by atoms with Gasteiger partial charge in [-0.25, -0.2) is 4.98 Å². The highest BCUT2D eigenvalue weighted by Gasteiger charge is 2.25. The molecule has 1 aromatic carbocycles. The van der Waals surface area contributed by atoms with Gasteiger partial charge in [-0.1, -0.05) is 0 Å². The molecule has 0 unspecified atom stereocenters. The number of carbonyl (C=O) groups excluding carboxylic acids is 1. The van der Waals surface area contributed by atoms with Gasteiger partial charge in [0.1, 0.15) is 0 Å². The van der Waals surface area contributed by atoms with E-state index in [0.29, 0.717) is 11.3 Å². The summed E-state index contributed by atoms with van der Waals surface area (Å²) in [6.07, 6.45) is 1.42. The van der Waals surface area contributed by atoms with Crippen molar-refractivity contribution in [3.8, 4) is 0 Å². The molecule has 11 heteroatoms. The topological polar surface area (TPSA) is 146 Å². The minimum Gasteiger partial charge on any atom is -0.321 e. The number of rotatable bonds is 4. The van der Waals surface area contributed by atoms with Crippen molar-refractivity contribution < 1.29 is 14.6 Å². The second-order valence-electron chi connectivity index (χ2n) is 5.91. The van der Waals surface area contributed by atoms with Crippen molar-refractivity contribution in [2.24, 2.45) is 7.05 Å². The molecule has 0 saturated carbocycles. The Labute approximate surface area is 151 Å². The van der Waals surface area contributed by atoms with Gasteiger partial charge < -0.3 is 5.32 Å². The number of carbonyl (C=O) groups is 1. The quantitative estimate of drug-likeness (QED) is 0.548. The molecule has 138 valence electrons. The fourth-order valence-corrected chi connectivity index (χ4v) is 2.79. The van der Waals surface area contributed by atoms with Crippen molar-refractivity contribution in [3.63, 3.8) is 0 Å². The van der Waals surface area contributed by atoms with Crippen LogP contribution in [0.4, 0.5) is 17.1 Å². The molecule has 3 aromatic rings. The Morgan fingerprint density at radius 3 is 2.48 bits per heavy atom. The van der Waals surface area contributed by atoms with E-state index in [9.17, 15) is 25.0 Å². The van der Waals surface area contributed by atoms with Crippen LogP contribution in [0.2, 0.25) is 0 Å². The number of anilines is 1. The number of nitro groups is 2. The summed E-state index contributed by atoms with van der Waals surface area (Å²) < 4.78 is 1.60. The molecule has 0 bridgehead atoms. The van der Waals surface area contributed by atoms with E-state index < -0.39 is 27.1 Å². The maximum absolute atomic E-state index is 12.6. The van der Waals surface area contributed by atoms with Gasteiger partial charge in [-0.15, -0.1) is 0 Å². The Morgan fingerprint density at radius 2 is 1.85 bits per heavy atom. The molecule has 0 atom stereocenters. The first-order chi connectivity index (χ1) is 12.7. The maximum atomic E-state index is 12.6. The number of aryl methyl sites for hydroxylation is 2. The van der Waals surface area contributed by atoms with E-state index in [1.54, 1.807) is 24.7 Å². The molecule has 0 radical (unpaired) electrons. The number of nitrogens with one attached hydrogen (secondary N) is 1. The van der Waals surface area contributed by atoms with Crippen LogP contribution in [-0.2, 0) is 7.05 Å². The number of amides is 1. The highest BCUT2D eigenvalue weighted by molar-refractivity contribution is 6.07. The SMILES string of the molecule is Cc1c(C(=O)Nc2cnc3c(c2)c(C)nn3C)cc([N+](=O)[O-])cc1[N+](=O)[O-]. The van der Waals surface area contributed by atoms with E-state index in [2.05, 4.69) is 15.4 Å². The van der Waals surface area contributed by atoms with Crippen LogP contribution in [0, 0.1) is 34.1 Å². The lowest BCUT2D eigenvalue weighted by Crippen LogP contribution is -2.15. The van der Waals surface area contributed by atoms with Crippen LogP contribution < -0.4 is 5.32 Å². The predicted octanol–water partition coefficient (Wildman–Crippen LogP) is 2.65. The number of non-ortho nitro benzene ring substituents is 1. The average molecular weight is 370 g/mol. The molecule has 27 heavy (non-hydrogen) atoms. The summed E-state index contributed by atoms with van der Waals surface area (Å²) in [5, 5.41) is 29.7. The second-order valence-corrected chi connectivity index (χ2v) is 5.91. The van der Waals surface area contributed by atoms with Crippen molar-refractivity contribution >= 4 is 34.0 Å². The van der Waals surface area contributed by atoms with Crippen LogP contribution in [0.1, 0.15) is 21.6 Å². The number of fused-ring (bicyclic) bond motifs is 1. The first-order valence-corrected chi connectivity index (χ1v) is 7.73. The van der Waals surface area contributed by atoms with Gasteiger partial charge in [0.15, 0.2) is 5.65 Å². The summed E-state index contributed by atoms with van der Waals surface area (Å²) in [5.74, 6) is -0.706. The Hall–Kier alpha value is -3.89. The summed E-state index contributed by atoms with van der Waals surface area (Å²) in [4.78, 5) is 37.5. The molecule has 3 rings (SSSR count). The van der Waals surface area contributed by atoms with E-state index >= 15 is 0 Å². The van der Waals surface area contributed by atoms with Crippen molar-refractivity contribution in [1.29, 1.82) is 0 Å². The highest BCUT2D eigenvalue weighted by atomic mass is 16.6. The molecule has 1 N–H and O–H groups in total. The van der Waals surface area contributed by atoms with E-state index in [1.807, 2.05) is 0 Å². The van der Waals surface area contributed by atoms with Crippen molar-refractivity contribution in [3.05, 3.63) is 61.4 Å². The summed E-state index contributed by atoms with van der Waals surface area (Å²) in [6, 6.07) is 3.52. The van der Waals surface area contributed by atoms with Crippen LogP contribution >= 0.6 is 0 Å². The zero-order valence-electron chi connectivity index (χ0n) is 14.6. The van der Waals surface area contributed by atoms with Crippen molar-refractivity contribution in [1.82, 2.24) is 14.8 Å². The molecule has 0 saturated heterocycles. The largest absolute Gasteiger partial charge is 0.321 e. The number of benzene rings is 1. The number of hydrogen-bond donors (Lipinski definition) is 1.